The predicted molar refractivity (Wildman–Crippen MR) is 63.5 cm³/mol. The van der Waals surface area contributed by atoms with Crippen molar-refractivity contribution in [2.24, 2.45) is 0 Å². The van der Waals surface area contributed by atoms with Gasteiger partial charge in [-0.1, -0.05) is 0 Å². The molecule has 19 heavy (non-hydrogen) atoms. The molecular weight excluding hydrogens is 415 g/mol. The van der Waals surface area contributed by atoms with Gasteiger partial charge in [0.25, 0.3) is 0 Å². The molecule has 0 saturated carbocycles. The van der Waals surface area contributed by atoms with Crippen LogP contribution in [0.25, 0.3) is 0 Å². The second-order valence-corrected chi connectivity index (χ2v) is 21.9. The van der Waals surface area contributed by atoms with Crippen LogP contribution in [0.5, 0.6) is 0 Å². The molecule has 0 aliphatic carbocycles. The van der Waals surface area contributed by atoms with Crippen LogP contribution < -0.4 is 0 Å². The van der Waals surface area contributed by atoms with Gasteiger partial charge in [0.05, 0.1) is 0 Å². The van der Waals surface area contributed by atoms with Crippen molar-refractivity contribution in [2.75, 3.05) is 0 Å². The van der Waals surface area contributed by atoms with Crippen LogP contribution in [-0.4, -0.2) is 9.97 Å². The normalized spacial score (nSPS) is 10.4. The summed E-state index contributed by atoms with van der Waals surface area (Å²) in [6.07, 6.45) is 7.15. The minimum absolute atomic E-state index is 1.26. The fourth-order valence-corrected chi connectivity index (χ4v) is 0.853. The molecule has 0 amide bonds. The molecule has 2 aromatic heterocycles. The molecule has 0 fully saturated rings. The maximum absolute atomic E-state index is 4.44. The van der Waals surface area contributed by atoms with Crippen LogP contribution >= 0.6 is 0 Å². The molecule has 0 aromatic carbocycles. The van der Waals surface area contributed by atoms with Gasteiger partial charge < -0.3 is 0 Å². The Morgan fingerprint density at radius 3 is 1.00 bits per heavy atom. The fraction of sp³-hybridized carbons (Fsp3) is 0.167. The number of hydrogen-bond donors (Lipinski definition) is 0. The first kappa shape index (κ1) is 19.1. The first-order chi connectivity index (χ1) is 8.79. The zero-order valence-corrected chi connectivity index (χ0v) is 15.5. The SMILES string of the molecule is Cc1ccncc1.Cc1ccncc1.[ClH+][Ru]([ClH+])([ClH+])[ClH+]. The van der Waals surface area contributed by atoms with Gasteiger partial charge in [0.15, 0.2) is 0 Å². The summed E-state index contributed by atoms with van der Waals surface area (Å²) >= 11 is 0. The summed E-state index contributed by atoms with van der Waals surface area (Å²) in [4.78, 5) is 7.69. The zero-order chi connectivity index (χ0) is 14.7. The average molecular weight is 433 g/mol. The van der Waals surface area contributed by atoms with Crippen molar-refractivity contribution in [1.29, 1.82) is 0 Å². The monoisotopic (exact) mass is 432 g/mol. The van der Waals surface area contributed by atoms with Gasteiger partial charge in [-0.25, -0.2) is 0 Å². The molecule has 108 valence electrons. The van der Waals surface area contributed by atoms with Crippen molar-refractivity contribution in [2.45, 2.75) is 13.8 Å². The van der Waals surface area contributed by atoms with Gasteiger partial charge in [0.1, 0.15) is 0 Å². The van der Waals surface area contributed by atoms with E-state index in [9.17, 15) is 0 Å². The number of hydrogen-bond acceptors (Lipinski definition) is 2. The van der Waals surface area contributed by atoms with E-state index in [2.05, 4.69) is 48.7 Å². The quantitative estimate of drug-likeness (QED) is 0.592. The number of aromatic nitrogens is 2. The van der Waals surface area contributed by atoms with E-state index in [1.54, 1.807) is 24.8 Å². The Labute approximate surface area is 133 Å². The Hall–Kier alpha value is 0.0834. The third kappa shape index (κ3) is 18.1. The van der Waals surface area contributed by atoms with E-state index < -0.39 is 10.8 Å². The molecule has 2 nitrogen and oxygen atoms in total. The summed E-state index contributed by atoms with van der Waals surface area (Å²) in [5.74, 6) is 0. The Morgan fingerprint density at radius 2 is 0.895 bits per heavy atom. The Morgan fingerprint density at radius 1 is 0.684 bits per heavy atom. The standard InChI is InChI=1S/2C6H7N.4ClH.Ru/c2*1-6-2-4-7-5-3-6;;;;;/h2*2-5H,1H3;4*1H;/q;;;;;;+4. The second kappa shape index (κ2) is 10.8. The van der Waals surface area contributed by atoms with Gasteiger partial charge >= 0.3 is 49.6 Å². The molecule has 0 radical (unpaired) electrons. The van der Waals surface area contributed by atoms with Crippen molar-refractivity contribution < 1.29 is 49.6 Å². The molecule has 0 saturated heterocycles. The predicted octanol–water partition coefficient (Wildman–Crippen LogP) is 1.71. The Balaban J connectivity index is 0.000000261. The number of aryl methyl sites for hydroxylation is 2. The van der Waals surface area contributed by atoms with E-state index >= 15 is 0 Å². The van der Waals surface area contributed by atoms with E-state index in [1.165, 1.54) is 11.1 Å². The third-order valence-corrected chi connectivity index (χ3v) is 1.69. The molecule has 7 heteroatoms. The van der Waals surface area contributed by atoms with Crippen LogP contribution in [0.3, 0.4) is 0 Å². The van der Waals surface area contributed by atoms with E-state index in [4.69, 9.17) is 0 Å². The summed E-state index contributed by atoms with van der Waals surface area (Å²) in [5, 5.41) is 0. The van der Waals surface area contributed by atoms with Crippen molar-refractivity contribution >= 4 is 0 Å². The topological polar surface area (TPSA) is 25.8 Å². The summed E-state index contributed by atoms with van der Waals surface area (Å²) in [6, 6.07) is 7.89. The first-order valence-corrected chi connectivity index (χ1v) is 14.8. The minimum atomic E-state index is -2.53. The number of nitrogens with zero attached hydrogens (tertiary/aromatic N) is 2. The van der Waals surface area contributed by atoms with E-state index in [-0.39, 0.29) is 0 Å². The van der Waals surface area contributed by atoms with Gasteiger partial charge in [0, 0.05) is 24.8 Å². The summed E-state index contributed by atoms with van der Waals surface area (Å²) in [6.45, 7) is 4.09. The fourth-order valence-electron chi connectivity index (χ4n) is 0.853. The molecule has 0 aliphatic heterocycles. The number of pyridine rings is 2. The molecule has 2 rings (SSSR count). The van der Waals surface area contributed by atoms with Crippen LogP contribution in [0.15, 0.2) is 49.1 Å². The second-order valence-electron chi connectivity index (χ2n) is 3.40. The van der Waals surface area contributed by atoms with Gasteiger partial charge in [-0.05, 0) is 49.2 Å². The molecule has 0 spiro atoms. The van der Waals surface area contributed by atoms with Crippen LogP contribution in [-0.2, 0) is 10.8 Å². The first-order valence-electron chi connectivity index (χ1n) is 5.10. The van der Waals surface area contributed by atoms with Gasteiger partial charge in [-0.2, -0.15) is 0 Å². The Bertz CT molecular complexity index is 391. The van der Waals surface area contributed by atoms with Crippen molar-refractivity contribution in [3.63, 3.8) is 0 Å². The zero-order valence-electron chi connectivity index (χ0n) is 10.5. The summed E-state index contributed by atoms with van der Waals surface area (Å²) in [5.41, 5.74) is 2.52. The van der Waals surface area contributed by atoms with E-state index in [0.717, 1.165) is 0 Å². The van der Waals surface area contributed by atoms with Crippen molar-refractivity contribution in [3.05, 3.63) is 60.2 Å². The molecule has 2 heterocycles. The molecule has 0 atom stereocenters. The maximum atomic E-state index is 4.44. The van der Waals surface area contributed by atoms with Crippen molar-refractivity contribution in [3.8, 4) is 0 Å². The van der Waals surface area contributed by atoms with Crippen molar-refractivity contribution in [1.82, 2.24) is 9.97 Å². The number of halogens is 4. The average Bonchev–Trinajstić information content (AvgIpc) is 2.29. The Kier molecular flexibility index (Phi) is 10.9. The third-order valence-electron chi connectivity index (χ3n) is 1.69. The molecule has 0 aliphatic rings. The van der Waals surface area contributed by atoms with E-state index in [0.29, 0.717) is 0 Å². The number of rotatable bonds is 0. The van der Waals surface area contributed by atoms with Gasteiger partial charge in [0.2, 0.25) is 0 Å². The molecule has 2 aromatic rings. The molecular formula is C12H18Cl4N2Ru+4. The van der Waals surface area contributed by atoms with Crippen LogP contribution in [0.2, 0.25) is 0 Å². The van der Waals surface area contributed by atoms with Gasteiger partial charge in [-0.15, -0.1) is 0 Å². The van der Waals surface area contributed by atoms with Gasteiger partial charge in [-0.3, -0.25) is 9.97 Å². The summed E-state index contributed by atoms with van der Waals surface area (Å²) in [7, 11) is 15.2. The van der Waals surface area contributed by atoms with Crippen LogP contribution in [0.1, 0.15) is 11.1 Å². The van der Waals surface area contributed by atoms with Crippen LogP contribution in [0, 0.1) is 52.6 Å². The molecule has 0 unspecified atom stereocenters. The molecule has 0 bridgehead atoms. The van der Waals surface area contributed by atoms with Crippen LogP contribution in [0.4, 0.5) is 0 Å². The summed E-state index contributed by atoms with van der Waals surface area (Å²) < 4.78 is 0. The molecule has 0 N–H and O–H groups in total. The van der Waals surface area contributed by atoms with E-state index in [1.807, 2.05) is 38.1 Å².